The Morgan fingerprint density at radius 1 is 1.22 bits per heavy atom. The average molecular weight is 245 g/mol. The van der Waals surface area contributed by atoms with Crippen LogP contribution < -0.4 is 5.32 Å². The van der Waals surface area contributed by atoms with E-state index in [1.165, 1.54) is 12.8 Å². The van der Waals surface area contributed by atoms with Crippen molar-refractivity contribution >= 4 is 5.95 Å². The summed E-state index contributed by atoms with van der Waals surface area (Å²) in [7, 11) is 0. The van der Waals surface area contributed by atoms with E-state index < -0.39 is 0 Å². The number of imidazole rings is 2. The first-order valence-electron chi connectivity index (χ1n) is 6.66. The number of nitrogens with zero attached hydrogens (tertiary/aromatic N) is 4. The highest BCUT2D eigenvalue weighted by Gasteiger charge is 2.25. The SMILES string of the molecule is c1cn(CCCCNc2nccn2C2CC2)cn1. The van der Waals surface area contributed by atoms with Gasteiger partial charge in [-0.2, -0.15) is 0 Å². The van der Waals surface area contributed by atoms with E-state index >= 15 is 0 Å². The van der Waals surface area contributed by atoms with E-state index in [-0.39, 0.29) is 0 Å². The van der Waals surface area contributed by atoms with Crippen LogP contribution in [-0.4, -0.2) is 25.6 Å². The van der Waals surface area contributed by atoms with E-state index in [1.54, 1.807) is 0 Å². The molecule has 0 unspecified atom stereocenters. The van der Waals surface area contributed by atoms with Crippen LogP contribution in [0.2, 0.25) is 0 Å². The van der Waals surface area contributed by atoms with E-state index in [0.29, 0.717) is 6.04 Å². The monoisotopic (exact) mass is 245 g/mol. The summed E-state index contributed by atoms with van der Waals surface area (Å²) in [5, 5.41) is 3.42. The number of rotatable bonds is 7. The Bertz CT molecular complexity index is 469. The molecule has 96 valence electrons. The molecule has 18 heavy (non-hydrogen) atoms. The Labute approximate surface area is 107 Å². The first-order valence-corrected chi connectivity index (χ1v) is 6.66. The van der Waals surface area contributed by atoms with Gasteiger partial charge in [-0.15, -0.1) is 0 Å². The number of nitrogens with one attached hydrogen (secondary N) is 1. The zero-order valence-corrected chi connectivity index (χ0v) is 10.5. The van der Waals surface area contributed by atoms with Gasteiger partial charge in [0.05, 0.1) is 6.33 Å². The van der Waals surface area contributed by atoms with Crippen LogP contribution in [0.5, 0.6) is 0 Å². The number of aromatic nitrogens is 4. The van der Waals surface area contributed by atoms with Crippen LogP contribution in [0, 0.1) is 0 Å². The summed E-state index contributed by atoms with van der Waals surface area (Å²) < 4.78 is 4.38. The maximum Gasteiger partial charge on any atom is 0.203 e. The highest BCUT2D eigenvalue weighted by atomic mass is 15.2. The van der Waals surface area contributed by atoms with Gasteiger partial charge in [-0.3, -0.25) is 0 Å². The number of hydrogen-bond acceptors (Lipinski definition) is 3. The lowest BCUT2D eigenvalue weighted by atomic mass is 10.3. The molecule has 0 spiro atoms. The number of aryl methyl sites for hydroxylation is 1. The second-order valence-electron chi connectivity index (χ2n) is 4.82. The third-order valence-electron chi connectivity index (χ3n) is 3.29. The third kappa shape index (κ3) is 2.72. The normalized spacial score (nSPS) is 14.9. The van der Waals surface area contributed by atoms with Gasteiger partial charge in [-0.25, -0.2) is 9.97 Å². The molecule has 2 aromatic heterocycles. The van der Waals surface area contributed by atoms with Crippen molar-refractivity contribution in [2.75, 3.05) is 11.9 Å². The molecule has 0 saturated heterocycles. The van der Waals surface area contributed by atoms with E-state index in [4.69, 9.17) is 0 Å². The summed E-state index contributed by atoms with van der Waals surface area (Å²) in [5.41, 5.74) is 0. The molecule has 0 amide bonds. The average Bonchev–Trinajstić information content (AvgIpc) is 2.92. The van der Waals surface area contributed by atoms with Gasteiger partial charge in [0.25, 0.3) is 0 Å². The Hall–Kier alpha value is -1.78. The second-order valence-corrected chi connectivity index (χ2v) is 4.82. The first-order chi connectivity index (χ1) is 8.93. The Kier molecular flexibility index (Phi) is 3.30. The van der Waals surface area contributed by atoms with Gasteiger partial charge in [-0.1, -0.05) is 0 Å². The lowest BCUT2D eigenvalue weighted by molar-refractivity contribution is 0.618. The standard InChI is InChI=1S/C13H19N5/c1(2-8-17-9-6-14-11-17)5-15-13-16-7-10-18(13)12-3-4-12/h6-7,9-12H,1-5,8H2,(H,15,16). The van der Waals surface area contributed by atoms with Crippen molar-refractivity contribution in [3.05, 3.63) is 31.1 Å². The molecule has 5 nitrogen and oxygen atoms in total. The summed E-state index contributed by atoms with van der Waals surface area (Å²) in [6.45, 7) is 2.02. The Balaban J connectivity index is 1.38. The molecular formula is C13H19N5. The van der Waals surface area contributed by atoms with Crippen molar-refractivity contribution in [3.63, 3.8) is 0 Å². The summed E-state index contributed by atoms with van der Waals surface area (Å²) in [4.78, 5) is 8.40. The molecule has 0 radical (unpaired) electrons. The van der Waals surface area contributed by atoms with Gasteiger partial charge in [0, 0.05) is 43.9 Å². The van der Waals surface area contributed by atoms with E-state index in [1.807, 2.05) is 24.9 Å². The number of unbranched alkanes of at least 4 members (excludes halogenated alkanes) is 1. The largest absolute Gasteiger partial charge is 0.356 e. The molecule has 5 heteroatoms. The third-order valence-corrected chi connectivity index (χ3v) is 3.29. The minimum Gasteiger partial charge on any atom is -0.356 e. The molecule has 2 aromatic rings. The van der Waals surface area contributed by atoms with E-state index in [2.05, 4.69) is 30.6 Å². The second kappa shape index (κ2) is 5.25. The molecule has 0 aromatic carbocycles. The summed E-state index contributed by atoms with van der Waals surface area (Å²) in [6, 6.07) is 0.695. The number of anilines is 1. The van der Waals surface area contributed by atoms with Gasteiger partial charge in [0.15, 0.2) is 0 Å². The van der Waals surface area contributed by atoms with Gasteiger partial charge >= 0.3 is 0 Å². The van der Waals surface area contributed by atoms with Gasteiger partial charge < -0.3 is 14.5 Å². The molecular weight excluding hydrogens is 226 g/mol. The van der Waals surface area contributed by atoms with Crippen molar-refractivity contribution in [2.24, 2.45) is 0 Å². The fourth-order valence-electron chi connectivity index (χ4n) is 2.14. The van der Waals surface area contributed by atoms with E-state index in [0.717, 1.165) is 31.9 Å². The predicted molar refractivity (Wildman–Crippen MR) is 70.4 cm³/mol. The van der Waals surface area contributed by atoms with Crippen LogP contribution in [0.4, 0.5) is 5.95 Å². The van der Waals surface area contributed by atoms with Crippen LogP contribution in [0.15, 0.2) is 31.1 Å². The van der Waals surface area contributed by atoms with Crippen molar-refractivity contribution in [1.29, 1.82) is 0 Å². The summed E-state index contributed by atoms with van der Waals surface area (Å²) in [6.07, 6.45) is 14.6. The zero-order chi connectivity index (χ0) is 12.2. The molecule has 1 aliphatic carbocycles. The zero-order valence-electron chi connectivity index (χ0n) is 10.5. The predicted octanol–water partition coefficient (Wildman–Crippen LogP) is 2.31. The maximum atomic E-state index is 4.36. The van der Waals surface area contributed by atoms with Gasteiger partial charge in [0.2, 0.25) is 5.95 Å². The summed E-state index contributed by atoms with van der Waals surface area (Å²) >= 11 is 0. The lowest BCUT2D eigenvalue weighted by Gasteiger charge is -2.08. The van der Waals surface area contributed by atoms with Crippen molar-refractivity contribution < 1.29 is 0 Å². The molecule has 0 bridgehead atoms. The van der Waals surface area contributed by atoms with E-state index in [9.17, 15) is 0 Å². The molecule has 0 aliphatic heterocycles. The van der Waals surface area contributed by atoms with Crippen LogP contribution in [0.3, 0.4) is 0 Å². The lowest BCUT2D eigenvalue weighted by Crippen LogP contribution is -2.08. The topological polar surface area (TPSA) is 47.7 Å². The molecule has 3 rings (SSSR count). The van der Waals surface area contributed by atoms with Crippen LogP contribution in [0.1, 0.15) is 31.7 Å². The van der Waals surface area contributed by atoms with Crippen molar-refractivity contribution in [2.45, 2.75) is 38.3 Å². The summed E-state index contributed by atoms with van der Waals surface area (Å²) in [5.74, 6) is 1.03. The quantitative estimate of drug-likeness (QED) is 0.761. The van der Waals surface area contributed by atoms with Crippen LogP contribution >= 0.6 is 0 Å². The Morgan fingerprint density at radius 3 is 2.94 bits per heavy atom. The van der Waals surface area contributed by atoms with Crippen LogP contribution in [0.25, 0.3) is 0 Å². The van der Waals surface area contributed by atoms with Crippen molar-refractivity contribution in [3.8, 4) is 0 Å². The smallest absolute Gasteiger partial charge is 0.203 e. The molecule has 0 atom stereocenters. The maximum absolute atomic E-state index is 4.36. The molecule has 1 saturated carbocycles. The molecule has 2 heterocycles. The van der Waals surface area contributed by atoms with Crippen LogP contribution in [-0.2, 0) is 6.54 Å². The first kappa shape index (κ1) is 11.3. The van der Waals surface area contributed by atoms with Gasteiger partial charge in [0.1, 0.15) is 0 Å². The minimum absolute atomic E-state index is 0.695. The minimum atomic E-state index is 0.695. The molecule has 1 N–H and O–H groups in total. The molecule has 1 fully saturated rings. The molecule has 1 aliphatic rings. The van der Waals surface area contributed by atoms with Gasteiger partial charge in [-0.05, 0) is 25.7 Å². The fraction of sp³-hybridized carbons (Fsp3) is 0.538. The fourth-order valence-corrected chi connectivity index (χ4v) is 2.14. The highest BCUT2D eigenvalue weighted by Crippen LogP contribution is 2.36. The van der Waals surface area contributed by atoms with Crippen molar-refractivity contribution in [1.82, 2.24) is 19.1 Å². The Morgan fingerprint density at radius 2 is 2.17 bits per heavy atom. The highest BCUT2D eigenvalue weighted by molar-refractivity contribution is 5.27. The number of hydrogen-bond donors (Lipinski definition) is 1.